The monoisotopic (exact) mass is 773 g/mol. The van der Waals surface area contributed by atoms with Crippen molar-refractivity contribution >= 4 is 59.2 Å². The van der Waals surface area contributed by atoms with Gasteiger partial charge < -0.3 is 47.4 Å². The van der Waals surface area contributed by atoms with Gasteiger partial charge in [-0.25, -0.2) is 0 Å². The number of thioether (sulfide) groups is 1. The Labute approximate surface area is 306 Å². The van der Waals surface area contributed by atoms with Crippen LogP contribution in [0.4, 0.5) is 5.69 Å². The minimum absolute atomic E-state index is 0.0104. The quantitative estimate of drug-likeness (QED) is 0.112. The second kappa shape index (κ2) is 19.2. The van der Waals surface area contributed by atoms with Crippen molar-refractivity contribution in [1.29, 1.82) is 0 Å². The molecular formula is C32H39NO19S. The Hall–Kier alpha value is -5.02. The fourth-order valence-corrected chi connectivity index (χ4v) is 6.91. The molecule has 0 bridgehead atoms. The van der Waals surface area contributed by atoms with Crippen molar-refractivity contribution in [3.05, 3.63) is 34.4 Å². The van der Waals surface area contributed by atoms with E-state index in [-0.39, 0.29) is 11.4 Å². The summed E-state index contributed by atoms with van der Waals surface area (Å²) in [7, 11) is 0. The summed E-state index contributed by atoms with van der Waals surface area (Å²) in [6.45, 7) is 6.42. The van der Waals surface area contributed by atoms with E-state index in [4.69, 9.17) is 47.4 Å². The third-order valence-electron chi connectivity index (χ3n) is 7.19. The van der Waals surface area contributed by atoms with Gasteiger partial charge in [0, 0.05) is 60.6 Å². The maximum atomic E-state index is 12.6. The fourth-order valence-electron chi connectivity index (χ4n) is 5.35. The average Bonchev–Trinajstić information content (AvgIpc) is 3.03. The number of esters is 7. The van der Waals surface area contributed by atoms with Gasteiger partial charge in [-0.3, -0.25) is 43.7 Å². The molecule has 0 amide bonds. The number of rotatable bonds is 14. The smallest absolute Gasteiger partial charge is 0.303 e. The fraction of sp³-hybridized carbons (Fsp3) is 0.594. The van der Waals surface area contributed by atoms with Gasteiger partial charge in [0.1, 0.15) is 36.6 Å². The molecule has 2 aliphatic rings. The highest BCUT2D eigenvalue weighted by Gasteiger charge is 2.57. The summed E-state index contributed by atoms with van der Waals surface area (Å²) in [6, 6.07) is 4.77. The second-order valence-electron chi connectivity index (χ2n) is 11.5. The molecule has 2 heterocycles. The molecule has 0 aromatic heterocycles. The number of carbonyl (C=O) groups is 7. The zero-order valence-electron chi connectivity index (χ0n) is 29.6. The Kier molecular flexibility index (Phi) is 15.3. The number of nitro benzene ring substituents is 1. The van der Waals surface area contributed by atoms with Crippen molar-refractivity contribution in [2.24, 2.45) is 0 Å². The first-order valence-electron chi connectivity index (χ1n) is 15.9. The molecule has 3 rings (SSSR count). The van der Waals surface area contributed by atoms with E-state index < -0.39 is 120 Å². The van der Waals surface area contributed by atoms with Crippen LogP contribution in [-0.2, 0) is 76.2 Å². The number of carbonyl (C=O) groups excluding carboxylic acids is 7. The van der Waals surface area contributed by atoms with Crippen LogP contribution >= 0.6 is 11.8 Å². The Morgan fingerprint density at radius 3 is 1.55 bits per heavy atom. The van der Waals surface area contributed by atoms with Crippen molar-refractivity contribution < 1.29 is 85.9 Å². The van der Waals surface area contributed by atoms with Crippen LogP contribution in [0.25, 0.3) is 0 Å². The van der Waals surface area contributed by atoms with Gasteiger partial charge in [-0.1, -0.05) is 0 Å². The van der Waals surface area contributed by atoms with Crippen LogP contribution in [0.2, 0.25) is 0 Å². The van der Waals surface area contributed by atoms with Gasteiger partial charge in [0.15, 0.2) is 24.4 Å². The van der Waals surface area contributed by atoms with Gasteiger partial charge in [0.2, 0.25) is 12.4 Å². The van der Waals surface area contributed by atoms with Crippen molar-refractivity contribution in [3.8, 4) is 5.75 Å². The Balaban J connectivity index is 2.16. The normalized spacial score (nSPS) is 27.9. The molecule has 2 fully saturated rings. The van der Waals surface area contributed by atoms with E-state index in [1.807, 2.05) is 0 Å². The van der Waals surface area contributed by atoms with Crippen molar-refractivity contribution in [2.75, 3.05) is 13.2 Å². The van der Waals surface area contributed by atoms with E-state index in [1.54, 1.807) is 0 Å². The summed E-state index contributed by atoms with van der Waals surface area (Å²) in [6.07, 6.45) is -11.9. The van der Waals surface area contributed by atoms with Gasteiger partial charge in [-0.2, -0.15) is 0 Å². The largest absolute Gasteiger partial charge is 0.463 e. The van der Waals surface area contributed by atoms with E-state index in [0.717, 1.165) is 72.4 Å². The standard InChI is InChI=1S/C32H39NO19S/c1-14(34)43-12-23-25(45-16(3)36)26(46-17(4)37)29(49-20(7)40)32(52-23)53-30-24(13-44-15(2)35)51-31(28(48-19(6)39)27(30)47-18(5)38)50-22-10-8-21(9-11-22)33(41)42/h8-11,23-32H,12-13H2,1-7H3/t23-,24-,25-,26+,27-,28-,29+,30-,31-,32+/m1/s1. The Morgan fingerprint density at radius 1 is 0.604 bits per heavy atom. The number of hydrogen-bond acceptors (Lipinski definition) is 20. The molecule has 1 aromatic rings. The first kappa shape index (κ1) is 42.4. The minimum Gasteiger partial charge on any atom is -0.463 e. The molecule has 0 N–H and O–H groups in total. The molecule has 0 radical (unpaired) electrons. The van der Waals surface area contributed by atoms with E-state index in [9.17, 15) is 43.7 Å². The van der Waals surface area contributed by atoms with Crippen LogP contribution in [0.5, 0.6) is 5.75 Å². The van der Waals surface area contributed by atoms with Crippen molar-refractivity contribution in [2.45, 2.75) is 108 Å². The highest BCUT2D eigenvalue weighted by Crippen LogP contribution is 2.42. The molecular weight excluding hydrogens is 734 g/mol. The molecule has 20 nitrogen and oxygen atoms in total. The molecule has 2 aliphatic heterocycles. The summed E-state index contributed by atoms with van der Waals surface area (Å²) in [4.78, 5) is 96.3. The maximum absolute atomic E-state index is 12.6. The van der Waals surface area contributed by atoms with Crippen LogP contribution < -0.4 is 4.74 Å². The molecule has 2 saturated heterocycles. The minimum atomic E-state index is -1.59. The number of nitrogens with zero attached hydrogens (tertiary/aromatic N) is 1. The van der Waals surface area contributed by atoms with Gasteiger partial charge >= 0.3 is 41.8 Å². The molecule has 0 unspecified atom stereocenters. The predicted molar refractivity (Wildman–Crippen MR) is 173 cm³/mol. The van der Waals surface area contributed by atoms with E-state index in [0.29, 0.717) is 0 Å². The number of nitro groups is 1. The first-order chi connectivity index (χ1) is 24.9. The molecule has 1 aromatic carbocycles. The van der Waals surface area contributed by atoms with Gasteiger partial charge in [-0.05, 0) is 12.1 Å². The molecule has 53 heavy (non-hydrogen) atoms. The highest BCUT2D eigenvalue weighted by molar-refractivity contribution is 8.00. The van der Waals surface area contributed by atoms with Crippen LogP contribution in [0, 0.1) is 10.1 Å². The van der Waals surface area contributed by atoms with Crippen LogP contribution in [0.1, 0.15) is 48.5 Å². The predicted octanol–water partition coefficient (Wildman–Crippen LogP) is 1.31. The number of hydrogen-bond donors (Lipinski definition) is 0. The van der Waals surface area contributed by atoms with Gasteiger partial charge in [0.05, 0.1) is 10.2 Å². The lowest BCUT2D eigenvalue weighted by atomic mass is 9.99. The van der Waals surface area contributed by atoms with Crippen LogP contribution in [0.15, 0.2) is 24.3 Å². The number of non-ortho nitro benzene ring substituents is 1. The third kappa shape index (κ3) is 12.6. The Morgan fingerprint density at radius 2 is 1.06 bits per heavy atom. The third-order valence-corrected chi connectivity index (χ3v) is 8.72. The second-order valence-corrected chi connectivity index (χ2v) is 12.8. The summed E-state index contributed by atoms with van der Waals surface area (Å²) >= 11 is 0.748. The first-order valence-corrected chi connectivity index (χ1v) is 16.8. The maximum Gasteiger partial charge on any atom is 0.303 e. The molecule has 0 spiro atoms. The lowest BCUT2D eigenvalue weighted by Crippen LogP contribution is -2.64. The van der Waals surface area contributed by atoms with E-state index >= 15 is 0 Å². The van der Waals surface area contributed by atoms with Crippen LogP contribution in [-0.4, -0.2) is 120 Å². The van der Waals surface area contributed by atoms with E-state index in [1.165, 1.54) is 12.1 Å². The van der Waals surface area contributed by atoms with Gasteiger partial charge in [0.25, 0.3) is 5.69 Å². The summed E-state index contributed by atoms with van der Waals surface area (Å²) in [5.41, 5.74) is -1.70. The summed E-state index contributed by atoms with van der Waals surface area (Å²) in [5.74, 6) is -5.84. The topological polar surface area (TPSA) is 255 Å². The summed E-state index contributed by atoms with van der Waals surface area (Å²) in [5, 5.41) is 9.93. The van der Waals surface area contributed by atoms with Crippen LogP contribution in [0.3, 0.4) is 0 Å². The molecule has 0 saturated carbocycles. The van der Waals surface area contributed by atoms with Gasteiger partial charge in [-0.15, -0.1) is 11.8 Å². The van der Waals surface area contributed by atoms with Crippen molar-refractivity contribution in [3.63, 3.8) is 0 Å². The van der Waals surface area contributed by atoms with Crippen molar-refractivity contribution in [1.82, 2.24) is 0 Å². The number of ether oxygens (including phenoxy) is 10. The molecule has 292 valence electrons. The number of benzene rings is 1. The van der Waals surface area contributed by atoms with E-state index in [2.05, 4.69) is 0 Å². The molecule has 0 aliphatic carbocycles. The summed E-state index contributed by atoms with van der Waals surface area (Å²) < 4.78 is 56.4. The SMILES string of the molecule is CC(=O)OC[C@H]1O[C@@H](S[C@H]2[C@H](OC(C)=O)[C@@H](OC(C)=O)[C@H](Oc3ccc([N+](=O)[O-])cc3)O[C@@H]2COC(C)=O)[C@@H](OC(C)=O)[C@@H](OC(C)=O)[C@@H]1OC(C)=O. The Bertz CT molecular complexity index is 1530. The lowest BCUT2D eigenvalue weighted by molar-refractivity contribution is -0.384. The zero-order chi connectivity index (χ0) is 39.6. The highest BCUT2D eigenvalue weighted by atomic mass is 32.2. The lowest BCUT2D eigenvalue weighted by Gasteiger charge is -2.48. The average molecular weight is 774 g/mol. The zero-order valence-corrected chi connectivity index (χ0v) is 30.4. The molecule has 10 atom stereocenters. The molecule has 21 heteroatoms.